The maximum atomic E-state index is 13.3. The van der Waals surface area contributed by atoms with Crippen molar-refractivity contribution in [2.24, 2.45) is 5.92 Å². The molecular formula is C24H22F2O2. The van der Waals surface area contributed by atoms with E-state index in [2.05, 4.69) is 0 Å². The van der Waals surface area contributed by atoms with Crippen LogP contribution in [0.4, 0.5) is 8.78 Å². The highest BCUT2D eigenvalue weighted by molar-refractivity contribution is 5.75. The molecule has 4 rings (SSSR count). The Morgan fingerprint density at radius 1 is 0.750 bits per heavy atom. The van der Waals surface area contributed by atoms with Crippen LogP contribution in [0, 0.1) is 17.6 Å². The minimum absolute atomic E-state index is 0.0710. The molecule has 0 aromatic heterocycles. The number of aliphatic hydroxyl groups excluding tert-OH is 1. The van der Waals surface area contributed by atoms with Crippen LogP contribution in [0.25, 0.3) is 22.3 Å². The summed E-state index contributed by atoms with van der Waals surface area (Å²) in [5.74, 6) is 0.457. The van der Waals surface area contributed by atoms with E-state index >= 15 is 0 Å². The van der Waals surface area contributed by atoms with Gasteiger partial charge in [-0.3, -0.25) is 0 Å². The summed E-state index contributed by atoms with van der Waals surface area (Å²) in [5, 5.41) is 9.36. The number of hydrogen-bond acceptors (Lipinski definition) is 2. The molecule has 2 nitrogen and oxygen atoms in total. The molecule has 0 radical (unpaired) electrons. The SMILES string of the molecule is OC[C@H]1CC[C@@H](Oc2cc(-c3ccc(F)cc3)cc(-c3ccc(F)cc3)c2)C1. The number of aliphatic hydroxyl groups is 1. The highest BCUT2D eigenvalue weighted by atomic mass is 19.1. The van der Waals surface area contributed by atoms with Crippen molar-refractivity contribution < 1.29 is 18.6 Å². The third-order valence-electron chi connectivity index (χ3n) is 5.32. The summed E-state index contributed by atoms with van der Waals surface area (Å²) in [6, 6.07) is 18.6. The molecule has 1 aliphatic rings. The van der Waals surface area contributed by atoms with Gasteiger partial charge in [0, 0.05) is 6.61 Å². The average Bonchev–Trinajstić information content (AvgIpc) is 3.16. The fourth-order valence-corrected chi connectivity index (χ4v) is 3.78. The van der Waals surface area contributed by atoms with Crippen molar-refractivity contribution in [1.82, 2.24) is 0 Å². The van der Waals surface area contributed by atoms with E-state index in [0.717, 1.165) is 47.3 Å². The summed E-state index contributed by atoms with van der Waals surface area (Å²) < 4.78 is 32.9. The van der Waals surface area contributed by atoms with Gasteiger partial charge in [-0.05, 0) is 89.9 Å². The smallest absolute Gasteiger partial charge is 0.123 e. The van der Waals surface area contributed by atoms with Crippen LogP contribution in [0.2, 0.25) is 0 Å². The van der Waals surface area contributed by atoms with Gasteiger partial charge in [0.1, 0.15) is 17.4 Å². The van der Waals surface area contributed by atoms with Gasteiger partial charge in [-0.15, -0.1) is 0 Å². The van der Waals surface area contributed by atoms with Crippen molar-refractivity contribution in [2.75, 3.05) is 6.61 Å². The van der Waals surface area contributed by atoms with E-state index in [-0.39, 0.29) is 24.3 Å². The Morgan fingerprint density at radius 2 is 1.29 bits per heavy atom. The molecule has 0 spiro atoms. The molecule has 0 amide bonds. The minimum atomic E-state index is -0.282. The molecule has 0 bridgehead atoms. The van der Waals surface area contributed by atoms with Gasteiger partial charge in [-0.1, -0.05) is 24.3 Å². The van der Waals surface area contributed by atoms with Gasteiger partial charge in [0.25, 0.3) is 0 Å². The van der Waals surface area contributed by atoms with Gasteiger partial charge < -0.3 is 9.84 Å². The second kappa shape index (κ2) is 8.11. The van der Waals surface area contributed by atoms with E-state index in [4.69, 9.17) is 4.74 Å². The van der Waals surface area contributed by atoms with Gasteiger partial charge >= 0.3 is 0 Å². The highest BCUT2D eigenvalue weighted by Gasteiger charge is 2.25. The molecule has 2 atom stereocenters. The number of hydrogen-bond donors (Lipinski definition) is 1. The molecule has 3 aromatic carbocycles. The molecule has 144 valence electrons. The van der Waals surface area contributed by atoms with Crippen LogP contribution in [-0.4, -0.2) is 17.8 Å². The van der Waals surface area contributed by atoms with E-state index in [9.17, 15) is 13.9 Å². The molecule has 1 aliphatic carbocycles. The van der Waals surface area contributed by atoms with Crippen LogP contribution in [0.3, 0.4) is 0 Å². The van der Waals surface area contributed by atoms with Gasteiger partial charge in [0.2, 0.25) is 0 Å². The Hall–Kier alpha value is -2.72. The zero-order valence-electron chi connectivity index (χ0n) is 15.4. The van der Waals surface area contributed by atoms with Crippen molar-refractivity contribution in [1.29, 1.82) is 0 Å². The number of ether oxygens (including phenoxy) is 1. The van der Waals surface area contributed by atoms with Crippen LogP contribution in [0.15, 0.2) is 66.7 Å². The summed E-state index contributed by atoms with van der Waals surface area (Å²) in [6.45, 7) is 0.191. The third kappa shape index (κ3) is 4.23. The maximum Gasteiger partial charge on any atom is 0.123 e. The molecule has 0 aliphatic heterocycles. The topological polar surface area (TPSA) is 29.5 Å². The Kier molecular flexibility index (Phi) is 5.40. The molecule has 0 unspecified atom stereocenters. The molecule has 0 heterocycles. The predicted octanol–water partition coefficient (Wildman–Crippen LogP) is 5.84. The quantitative estimate of drug-likeness (QED) is 0.603. The zero-order chi connectivity index (χ0) is 19.5. The van der Waals surface area contributed by atoms with Gasteiger partial charge in [-0.25, -0.2) is 8.78 Å². The van der Waals surface area contributed by atoms with Crippen molar-refractivity contribution in [2.45, 2.75) is 25.4 Å². The molecule has 1 N–H and O–H groups in total. The molecular weight excluding hydrogens is 358 g/mol. The van der Waals surface area contributed by atoms with Gasteiger partial charge in [0.05, 0.1) is 6.10 Å². The van der Waals surface area contributed by atoms with E-state index < -0.39 is 0 Å². The molecule has 28 heavy (non-hydrogen) atoms. The molecule has 1 saturated carbocycles. The zero-order valence-corrected chi connectivity index (χ0v) is 15.4. The summed E-state index contributed by atoms with van der Waals surface area (Å²) in [7, 11) is 0. The van der Waals surface area contributed by atoms with Crippen LogP contribution in [0.1, 0.15) is 19.3 Å². The Balaban J connectivity index is 1.70. The fraction of sp³-hybridized carbons (Fsp3) is 0.250. The lowest BCUT2D eigenvalue weighted by Crippen LogP contribution is -2.13. The highest BCUT2D eigenvalue weighted by Crippen LogP contribution is 2.35. The normalized spacial score (nSPS) is 19.0. The first kappa shape index (κ1) is 18.6. The third-order valence-corrected chi connectivity index (χ3v) is 5.32. The second-order valence-electron chi connectivity index (χ2n) is 7.36. The molecule has 1 fully saturated rings. The van der Waals surface area contributed by atoms with Crippen LogP contribution < -0.4 is 4.74 Å². The van der Waals surface area contributed by atoms with Crippen molar-refractivity contribution in [3.05, 3.63) is 78.4 Å². The maximum absolute atomic E-state index is 13.3. The van der Waals surface area contributed by atoms with E-state index in [1.54, 1.807) is 24.3 Å². The summed E-state index contributed by atoms with van der Waals surface area (Å²) in [5.41, 5.74) is 3.59. The Morgan fingerprint density at radius 3 is 1.75 bits per heavy atom. The van der Waals surface area contributed by atoms with Gasteiger partial charge in [-0.2, -0.15) is 0 Å². The molecule has 0 saturated heterocycles. The number of benzene rings is 3. The van der Waals surface area contributed by atoms with Crippen LogP contribution in [-0.2, 0) is 0 Å². The number of halogens is 2. The molecule has 4 heteroatoms. The summed E-state index contributed by atoms with van der Waals surface area (Å²) in [6.07, 6.45) is 2.78. The minimum Gasteiger partial charge on any atom is -0.490 e. The van der Waals surface area contributed by atoms with E-state index in [1.807, 2.05) is 18.2 Å². The van der Waals surface area contributed by atoms with Gasteiger partial charge in [0.15, 0.2) is 0 Å². The molecule has 3 aromatic rings. The predicted molar refractivity (Wildman–Crippen MR) is 106 cm³/mol. The first-order valence-corrected chi connectivity index (χ1v) is 9.55. The van der Waals surface area contributed by atoms with E-state index in [0.29, 0.717) is 5.92 Å². The van der Waals surface area contributed by atoms with Crippen molar-refractivity contribution >= 4 is 0 Å². The second-order valence-corrected chi connectivity index (χ2v) is 7.36. The Labute approximate surface area is 163 Å². The first-order valence-electron chi connectivity index (χ1n) is 9.55. The fourth-order valence-electron chi connectivity index (χ4n) is 3.78. The van der Waals surface area contributed by atoms with Crippen molar-refractivity contribution in [3.63, 3.8) is 0 Å². The lowest BCUT2D eigenvalue weighted by atomic mass is 9.98. The van der Waals surface area contributed by atoms with Crippen LogP contribution >= 0.6 is 0 Å². The monoisotopic (exact) mass is 380 g/mol. The Bertz CT molecular complexity index is 872. The number of rotatable bonds is 5. The first-order chi connectivity index (χ1) is 13.6. The average molecular weight is 380 g/mol. The van der Waals surface area contributed by atoms with Crippen LogP contribution in [0.5, 0.6) is 5.75 Å². The van der Waals surface area contributed by atoms with Crippen molar-refractivity contribution in [3.8, 4) is 28.0 Å². The lowest BCUT2D eigenvalue weighted by Gasteiger charge is -2.17. The summed E-state index contributed by atoms with van der Waals surface area (Å²) in [4.78, 5) is 0. The largest absolute Gasteiger partial charge is 0.490 e. The summed E-state index contributed by atoms with van der Waals surface area (Å²) >= 11 is 0. The standard InChI is InChI=1S/C24H22F2O2/c25-21-6-2-17(3-7-21)19-12-20(18-4-8-22(26)9-5-18)14-24(13-19)28-23-10-1-16(11-23)15-27/h2-9,12-14,16,23,27H,1,10-11,15H2/t16-,23+/m0/s1. The lowest BCUT2D eigenvalue weighted by molar-refractivity contribution is 0.183. The van der Waals surface area contributed by atoms with E-state index in [1.165, 1.54) is 24.3 Å².